The van der Waals surface area contributed by atoms with Gasteiger partial charge in [-0.1, -0.05) is 18.2 Å². The first kappa shape index (κ1) is 15.8. The van der Waals surface area contributed by atoms with E-state index in [4.69, 9.17) is 4.74 Å². The van der Waals surface area contributed by atoms with Gasteiger partial charge in [-0.3, -0.25) is 9.78 Å². The molecule has 0 amide bonds. The third kappa shape index (κ3) is 3.30. The number of pyridine rings is 1. The van der Waals surface area contributed by atoms with E-state index in [-0.39, 0.29) is 18.1 Å². The fourth-order valence-electron chi connectivity index (χ4n) is 2.58. The van der Waals surface area contributed by atoms with Crippen LogP contribution < -0.4 is 5.32 Å². The zero-order valence-corrected chi connectivity index (χ0v) is 13.5. The van der Waals surface area contributed by atoms with E-state index in [1.807, 2.05) is 43.3 Å². The van der Waals surface area contributed by atoms with E-state index in [0.29, 0.717) is 5.69 Å². The number of fused-ring (bicyclic) bond motifs is 1. The number of phenols is 1. The number of nitrogens with zero attached hydrogens (tertiary/aromatic N) is 1. The average molecular weight is 322 g/mol. The monoisotopic (exact) mass is 322 g/mol. The summed E-state index contributed by atoms with van der Waals surface area (Å²) in [4.78, 5) is 16.1. The molecule has 3 aromatic rings. The number of phenolic OH excluding ortho intramolecular Hbond substituents is 1. The van der Waals surface area contributed by atoms with E-state index in [0.717, 1.165) is 27.8 Å². The summed E-state index contributed by atoms with van der Waals surface area (Å²) < 4.78 is 4.73. The molecule has 0 unspecified atom stereocenters. The molecule has 1 heterocycles. The number of methoxy groups -OCH3 is 1. The van der Waals surface area contributed by atoms with Crippen molar-refractivity contribution >= 4 is 28.2 Å². The van der Waals surface area contributed by atoms with Gasteiger partial charge in [-0.2, -0.15) is 0 Å². The first-order valence-corrected chi connectivity index (χ1v) is 7.59. The lowest BCUT2D eigenvalue weighted by molar-refractivity contribution is -0.139. The van der Waals surface area contributed by atoms with Crippen LogP contribution in [0.3, 0.4) is 0 Å². The molecule has 2 aromatic carbocycles. The number of hydrogen-bond acceptors (Lipinski definition) is 5. The Kier molecular flexibility index (Phi) is 4.33. The lowest BCUT2D eigenvalue weighted by Crippen LogP contribution is -2.07. The molecule has 0 fully saturated rings. The van der Waals surface area contributed by atoms with Crippen molar-refractivity contribution in [2.24, 2.45) is 0 Å². The van der Waals surface area contributed by atoms with Crippen molar-refractivity contribution in [2.75, 3.05) is 12.4 Å². The smallest absolute Gasteiger partial charge is 0.311 e. The Hall–Kier alpha value is -3.08. The Morgan fingerprint density at radius 3 is 2.71 bits per heavy atom. The Morgan fingerprint density at radius 1 is 1.17 bits per heavy atom. The maximum Gasteiger partial charge on any atom is 0.311 e. The number of aromatic hydroxyl groups is 1. The van der Waals surface area contributed by atoms with Gasteiger partial charge in [-0.25, -0.2) is 0 Å². The topological polar surface area (TPSA) is 71.5 Å². The van der Waals surface area contributed by atoms with E-state index in [1.54, 1.807) is 12.1 Å². The van der Waals surface area contributed by atoms with Gasteiger partial charge in [0.1, 0.15) is 5.75 Å². The molecule has 0 saturated heterocycles. The van der Waals surface area contributed by atoms with Gasteiger partial charge in [0.05, 0.1) is 24.7 Å². The van der Waals surface area contributed by atoms with Crippen molar-refractivity contribution in [1.29, 1.82) is 0 Å². The van der Waals surface area contributed by atoms with E-state index < -0.39 is 0 Å². The number of esters is 1. The highest BCUT2D eigenvalue weighted by atomic mass is 16.5. The summed E-state index contributed by atoms with van der Waals surface area (Å²) in [5.74, 6) is -0.103. The number of carbonyl (C=O) groups is 1. The molecule has 3 rings (SSSR count). The molecule has 1 aromatic heterocycles. The Balaban J connectivity index is 2.05. The molecule has 0 bridgehead atoms. The predicted molar refractivity (Wildman–Crippen MR) is 93.6 cm³/mol. The Labute approximate surface area is 139 Å². The maximum atomic E-state index is 11.6. The number of ether oxygens (including phenoxy) is 1. The summed E-state index contributed by atoms with van der Waals surface area (Å²) in [7, 11) is 1.36. The van der Waals surface area contributed by atoms with Gasteiger partial charge < -0.3 is 15.2 Å². The van der Waals surface area contributed by atoms with Crippen LogP contribution in [0, 0.1) is 6.92 Å². The second-order valence-electron chi connectivity index (χ2n) is 5.56. The number of aryl methyl sites for hydroxylation is 1. The molecular weight excluding hydrogens is 304 g/mol. The molecule has 0 aliphatic heterocycles. The van der Waals surface area contributed by atoms with Crippen LogP contribution in [0.25, 0.3) is 10.9 Å². The summed E-state index contributed by atoms with van der Waals surface area (Å²) in [5.41, 5.74) is 4.10. The number of carbonyl (C=O) groups excluding carboxylic acids is 1. The molecule has 0 saturated carbocycles. The molecule has 0 aliphatic rings. The number of rotatable bonds is 4. The Morgan fingerprint density at radius 2 is 1.96 bits per heavy atom. The molecule has 0 spiro atoms. The fourth-order valence-corrected chi connectivity index (χ4v) is 2.58. The SMILES string of the molecule is COC(=O)Cc1cc(Nc2ccc(O)cc2C)c2ccccc2n1. The van der Waals surface area contributed by atoms with E-state index in [2.05, 4.69) is 10.3 Å². The normalized spacial score (nSPS) is 10.6. The predicted octanol–water partition coefficient (Wildman–Crippen LogP) is 3.71. The molecule has 5 heteroatoms. The number of nitrogens with one attached hydrogen (secondary N) is 1. The van der Waals surface area contributed by atoms with Crippen molar-refractivity contribution in [2.45, 2.75) is 13.3 Å². The lowest BCUT2D eigenvalue weighted by Gasteiger charge is -2.14. The van der Waals surface area contributed by atoms with Crippen molar-refractivity contribution < 1.29 is 14.6 Å². The van der Waals surface area contributed by atoms with Gasteiger partial charge in [-0.05, 0) is 42.8 Å². The van der Waals surface area contributed by atoms with E-state index in [1.165, 1.54) is 7.11 Å². The maximum absolute atomic E-state index is 11.6. The fraction of sp³-hybridized carbons (Fsp3) is 0.158. The zero-order chi connectivity index (χ0) is 17.1. The first-order chi connectivity index (χ1) is 11.6. The highest BCUT2D eigenvalue weighted by Crippen LogP contribution is 2.29. The van der Waals surface area contributed by atoms with E-state index >= 15 is 0 Å². The summed E-state index contributed by atoms with van der Waals surface area (Å²) in [6.07, 6.45) is 0.116. The van der Waals surface area contributed by atoms with Crippen molar-refractivity contribution in [3.05, 3.63) is 59.8 Å². The van der Waals surface area contributed by atoms with Crippen LogP contribution in [0.1, 0.15) is 11.3 Å². The van der Waals surface area contributed by atoms with Gasteiger partial charge in [0, 0.05) is 16.8 Å². The van der Waals surface area contributed by atoms with Crippen molar-refractivity contribution in [3.63, 3.8) is 0 Å². The largest absolute Gasteiger partial charge is 0.508 e. The second-order valence-corrected chi connectivity index (χ2v) is 5.56. The average Bonchev–Trinajstić information content (AvgIpc) is 2.57. The summed E-state index contributed by atoms with van der Waals surface area (Å²) >= 11 is 0. The molecular formula is C19H18N2O3. The summed E-state index contributed by atoms with van der Waals surface area (Å²) in [6.45, 7) is 1.92. The van der Waals surface area contributed by atoms with Crippen molar-refractivity contribution in [1.82, 2.24) is 4.98 Å². The number of para-hydroxylation sites is 1. The van der Waals surface area contributed by atoms with Crippen LogP contribution in [0.4, 0.5) is 11.4 Å². The molecule has 122 valence electrons. The first-order valence-electron chi connectivity index (χ1n) is 7.59. The van der Waals surface area contributed by atoms with Crippen LogP contribution >= 0.6 is 0 Å². The number of anilines is 2. The van der Waals surface area contributed by atoms with Gasteiger partial charge in [0.15, 0.2) is 0 Å². The Bertz CT molecular complexity index is 906. The number of aromatic nitrogens is 1. The van der Waals surface area contributed by atoms with Crippen LogP contribution in [0.2, 0.25) is 0 Å². The molecule has 2 N–H and O–H groups in total. The molecule has 0 atom stereocenters. The lowest BCUT2D eigenvalue weighted by atomic mass is 10.1. The molecule has 0 radical (unpaired) electrons. The van der Waals surface area contributed by atoms with Crippen LogP contribution in [0.5, 0.6) is 5.75 Å². The minimum atomic E-state index is -0.329. The minimum Gasteiger partial charge on any atom is -0.508 e. The molecule has 5 nitrogen and oxygen atoms in total. The van der Waals surface area contributed by atoms with Gasteiger partial charge in [0.25, 0.3) is 0 Å². The highest BCUT2D eigenvalue weighted by molar-refractivity contribution is 5.94. The zero-order valence-electron chi connectivity index (χ0n) is 13.5. The minimum absolute atomic E-state index is 0.116. The highest BCUT2D eigenvalue weighted by Gasteiger charge is 2.10. The van der Waals surface area contributed by atoms with Crippen LogP contribution in [0.15, 0.2) is 48.5 Å². The molecule has 0 aliphatic carbocycles. The quantitative estimate of drug-likeness (QED) is 0.566. The van der Waals surface area contributed by atoms with Crippen LogP contribution in [-0.4, -0.2) is 23.2 Å². The third-order valence-corrected chi connectivity index (χ3v) is 3.80. The van der Waals surface area contributed by atoms with Gasteiger partial charge >= 0.3 is 5.97 Å². The summed E-state index contributed by atoms with van der Waals surface area (Å²) in [5, 5.41) is 13.9. The van der Waals surface area contributed by atoms with Gasteiger partial charge in [0.2, 0.25) is 0 Å². The van der Waals surface area contributed by atoms with E-state index in [9.17, 15) is 9.90 Å². The molecule has 24 heavy (non-hydrogen) atoms. The number of benzene rings is 2. The van der Waals surface area contributed by atoms with Gasteiger partial charge in [-0.15, -0.1) is 0 Å². The standard InChI is InChI=1S/C19H18N2O3/c1-12-9-14(22)7-8-16(12)21-18-10-13(11-19(23)24-2)20-17-6-4-3-5-15(17)18/h3-10,22H,11H2,1-2H3,(H,20,21). The van der Waals surface area contributed by atoms with Crippen LogP contribution in [-0.2, 0) is 16.0 Å². The summed E-state index contributed by atoms with van der Waals surface area (Å²) in [6, 6.07) is 14.7. The third-order valence-electron chi connectivity index (χ3n) is 3.80. The number of hydrogen-bond donors (Lipinski definition) is 2. The second kappa shape index (κ2) is 6.58. The van der Waals surface area contributed by atoms with Crippen molar-refractivity contribution in [3.8, 4) is 5.75 Å².